The van der Waals surface area contributed by atoms with Gasteiger partial charge in [0, 0.05) is 60.8 Å². The molecule has 4 aromatic carbocycles. The Morgan fingerprint density at radius 2 is 1.57 bits per heavy atom. The summed E-state index contributed by atoms with van der Waals surface area (Å²) >= 11 is 0. The molecule has 2 heterocycles. The molecule has 6 rings (SSSR count). The zero-order chi connectivity index (χ0) is 30.1. The van der Waals surface area contributed by atoms with Crippen molar-refractivity contribution < 1.29 is 9.53 Å². The van der Waals surface area contributed by atoms with Crippen molar-refractivity contribution in [3.05, 3.63) is 167 Å². The number of ether oxygens (including phenoxy) is 1. The maximum absolute atomic E-state index is 13.4. The fourth-order valence-corrected chi connectivity index (χ4v) is 5.65. The molecule has 1 N–H and O–H groups in total. The molecule has 5 nitrogen and oxygen atoms in total. The van der Waals surface area contributed by atoms with Crippen LogP contribution in [0, 0.1) is 6.92 Å². The summed E-state index contributed by atoms with van der Waals surface area (Å²) in [4.78, 5) is 17.8. The van der Waals surface area contributed by atoms with Crippen molar-refractivity contribution in [2.75, 3.05) is 6.54 Å². The minimum Gasteiger partial charge on any atom is -0.489 e. The predicted molar refractivity (Wildman–Crippen MR) is 177 cm³/mol. The molecule has 0 radical (unpaired) electrons. The van der Waals surface area contributed by atoms with E-state index in [1.165, 1.54) is 11.1 Å². The Balaban J connectivity index is 1.27. The number of fused-ring (bicyclic) bond motifs is 1. The molecule has 0 saturated carbocycles. The number of carbonyl (C=O) groups excluding carboxylic acids is 1. The molecule has 0 fully saturated rings. The number of aromatic nitrogens is 2. The molecule has 0 aliphatic carbocycles. The van der Waals surface area contributed by atoms with Crippen molar-refractivity contribution >= 4 is 16.8 Å². The fourth-order valence-electron chi connectivity index (χ4n) is 5.65. The maximum atomic E-state index is 13.4. The van der Waals surface area contributed by atoms with Gasteiger partial charge in [-0.15, -0.1) is 0 Å². The van der Waals surface area contributed by atoms with E-state index in [0.29, 0.717) is 26.0 Å². The molecular weight excluding hydrogens is 542 g/mol. The highest BCUT2D eigenvalue weighted by Gasteiger charge is 2.23. The molecule has 5 heteroatoms. The lowest BCUT2D eigenvalue weighted by molar-refractivity contribution is -0.121. The lowest BCUT2D eigenvalue weighted by Gasteiger charge is -2.18. The van der Waals surface area contributed by atoms with Gasteiger partial charge in [0.2, 0.25) is 5.91 Å². The van der Waals surface area contributed by atoms with E-state index in [1.54, 1.807) is 6.20 Å². The Morgan fingerprint density at radius 1 is 0.818 bits per heavy atom. The van der Waals surface area contributed by atoms with Crippen molar-refractivity contribution in [2.24, 2.45) is 0 Å². The number of aryl methyl sites for hydroxylation is 1. The van der Waals surface area contributed by atoms with Gasteiger partial charge in [-0.05, 0) is 59.5 Å². The molecule has 2 aromatic heterocycles. The molecule has 0 saturated heterocycles. The smallest absolute Gasteiger partial charge is 0.220 e. The molecule has 44 heavy (non-hydrogen) atoms. The van der Waals surface area contributed by atoms with Gasteiger partial charge >= 0.3 is 0 Å². The van der Waals surface area contributed by atoms with E-state index >= 15 is 0 Å². The normalized spacial score (nSPS) is 11.8. The monoisotopic (exact) mass is 579 g/mol. The lowest BCUT2D eigenvalue weighted by atomic mass is 9.88. The summed E-state index contributed by atoms with van der Waals surface area (Å²) in [6.45, 7) is 3.92. The number of nitrogens with zero attached hydrogens (tertiary/aromatic N) is 2. The zero-order valence-corrected chi connectivity index (χ0v) is 25.0. The van der Waals surface area contributed by atoms with Crippen LogP contribution in [0.5, 0.6) is 5.75 Å². The maximum Gasteiger partial charge on any atom is 0.220 e. The number of nitrogens with one attached hydrogen (secondary N) is 1. The van der Waals surface area contributed by atoms with E-state index in [9.17, 15) is 4.79 Å². The zero-order valence-electron chi connectivity index (χ0n) is 25.0. The van der Waals surface area contributed by atoms with Gasteiger partial charge in [0.1, 0.15) is 12.4 Å². The first kappa shape index (κ1) is 28.9. The summed E-state index contributed by atoms with van der Waals surface area (Å²) in [5, 5.41) is 4.30. The van der Waals surface area contributed by atoms with Gasteiger partial charge in [-0.2, -0.15) is 0 Å². The van der Waals surface area contributed by atoms with Gasteiger partial charge in [0.15, 0.2) is 0 Å². The summed E-state index contributed by atoms with van der Waals surface area (Å²) in [6, 6.07) is 41.4. The number of rotatable bonds is 12. The molecule has 0 aliphatic rings. The molecule has 0 aliphatic heterocycles. The average Bonchev–Trinajstić information content (AvgIpc) is 3.43. The molecule has 0 spiro atoms. The number of hydrogen-bond donors (Lipinski definition) is 1. The van der Waals surface area contributed by atoms with Crippen LogP contribution >= 0.6 is 0 Å². The van der Waals surface area contributed by atoms with Crippen molar-refractivity contribution in [2.45, 2.75) is 38.8 Å². The quantitative estimate of drug-likeness (QED) is 0.161. The number of benzene rings is 4. The van der Waals surface area contributed by atoms with Crippen LogP contribution < -0.4 is 10.1 Å². The Morgan fingerprint density at radius 3 is 2.34 bits per heavy atom. The third-order valence-electron chi connectivity index (χ3n) is 8.02. The Kier molecular flexibility index (Phi) is 9.12. The highest BCUT2D eigenvalue weighted by Crippen LogP contribution is 2.36. The highest BCUT2D eigenvalue weighted by molar-refractivity contribution is 5.87. The van der Waals surface area contributed by atoms with Crippen molar-refractivity contribution in [1.29, 1.82) is 0 Å². The minimum atomic E-state index is -0.128. The standard InChI is InChI=1S/C39H37N3O2/c1-29-14-16-30(17-15-29)26-42-27-37(35-12-5-6-13-38(35)42)36(25-39(43)41-24-22-33-11-7-8-23-40-33)32-18-20-34(21-19-32)44-28-31-9-3-2-4-10-31/h2-21,23,27,36H,22,24-26,28H2,1H3,(H,41,43)/t36-/m0/s1. The Hall–Kier alpha value is -5.16. The molecule has 220 valence electrons. The average molecular weight is 580 g/mol. The van der Waals surface area contributed by atoms with Gasteiger partial charge in [-0.1, -0.05) is 96.6 Å². The lowest BCUT2D eigenvalue weighted by Crippen LogP contribution is -2.27. The van der Waals surface area contributed by atoms with E-state index in [2.05, 4.69) is 101 Å². The number of carbonyl (C=O) groups is 1. The minimum absolute atomic E-state index is 0.0192. The van der Waals surface area contributed by atoms with Crippen molar-refractivity contribution in [3.8, 4) is 5.75 Å². The van der Waals surface area contributed by atoms with Gasteiger partial charge < -0.3 is 14.6 Å². The summed E-state index contributed by atoms with van der Waals surface area (Å²) in [6.07, 6.45) is 5.05. The van der Waals surface area contributed by atoms with Crippen LogP contribution in [0.4, 0.5) is 0 Å². The molecule has 0 bridgehead atoms. The molecule has 6 aromatic rings. The second-order valence-corrected chi connectivity index (χ2v) is 11.2. The first-order valence-corrected chi connectivity index (χ1v) is 15.2. The van der Waals surface area contributed by atoms with Crippen LogP contribution in [0.15, 0.2) is 134 Å². The summed E-state index contributed by atoms with van der Waals surface area (Å²) in [5.74, 6) is 0.695. The van der Waals surface area contributed by atoms with Gasteiger partial charge in [0.05, 0.1) is 0 Å². The predicted octanol–water partition coefficient (Wildman–Crippen LogP) is 7.85. The van der Waals surface area contributed by atoms with Gasteiger partial charge in [-0.3, -0.25) is 9.78 Å². The van der Waals surface area contributed by atoms with Gasteiger partial charge in [0.25, 0.3) is 0 Å². The largest absolute Gasteiger partial charge is 0.489 e. The van der Waals surface area contributed by atoms with Gasteiger partial charge in [-0.25, -0.2) is 0 Å². The SMILES string of the molecule is Cc1ccc(Cn2cc([C@@H](CC(=O)NCCc3ccccn3)c3ccc(OCc4ccccc4)cc3)c3ccccc32)cc1. The third kappa shape index (κ3) is 7.24. The molecule has 1 atom stereocenters. The van der Waals surface area contributed by atoms with Crippen molar-refractivity contribution in [1.82, 2.24) is 14.9 Å². The summed E-state index contributed by atoms with van der Waals surface area (Å²) in [5.41, 5.74) is 7.96. The molecule has 1 amide bonds. The third-order valence-corrected chi connectivity index (χ3v) is 8.02. The van der Waals surface area contributed by atoms with Crippen LogP contribution in [-0.4, -0.2) is 22.0 Å². The fraction of sp³-hybridized carbons (Fsp3) is 0.179. The number of amides is 1. The van der Waals surface area contributed by atoms with E-state index < -0.39 is 0 Å². The number of pyridine rings is 1. The van der Waals surface area contributed by atoms with E-state index in [4.69, 9.17) is 4.74 Å². The topological polar surface area (TPSA) is 56.2 Å². The second kappa shape index (κ2) is 13.9. The van der Waals surface area contributed by atoms with E-state index in [1.807, 2.05) is 48.5 Å². The Labute approximate surface area is 259 Å². The second-order valence-electron chi connectivity index (χ2n) is 11.2. The van der Waals surface area contributed by atoms with Crippen molar-refractivity contribution in [3.63, 3.8) is 0 Å². The number of para-hydroxylation sites is 1. The first-order valence-electron chi connectivity index (χ1n) is 15.2. The van der Waals surface area contributed by atoms with Crippen LogP contribution in [0.3, 0.4) is 0 Å². The van der Waals surface area contributed by atoms with Crippen LogP contribution in [0.2, 0.25) is 0 Å². The first-order chi connectivity index (χ1) is 21.6. The van der Waals surface area contributed by atoms with E-state index in [0.717, 1.165) is 45.6 Å². The highest BCUT2D eigenvalue weighted by atomic mass is 16.5. The van der Waals surface area contributed by atoms with Crippen LogP contribution in [-0.2, 0) is 24.4 Å². The number of hydrogen-bond acceptors (Lipinski definition) is 3. The van der Waals surface area contributed by atoms with Crippen LogP contribution in [0.1, 0.15) is 45.8 Å². The molecular formula is C39H37N3O2. The summed E-state index contributed by atoms with van der Waals surface area (Å²) < 4.78 is 8.37. The van der Waals surface area contributed by atoms with Crippen LogP contribution in [0.25, 0.3) is 10.9 Å². The summed E-state index contributed by atoms with van der Waals surface area (Å²) in [7, 11) is 0. The van der Waals surface area contributed by atoms with E-state index in [-0.39, 0.29) is 11.8 Å². The Bertz CT molecular complexity index is 1790. The molecule has 0 unspecified atom stereocenters.